The summed E-state index contributed by atoms with van der Waals surface area (Å²) in [6, 6.07) is 59.7. The van der Waals surface area contributed by atoms with Gasteiger partial charge in [0.1, 0.15) is 5.58 Å². The van der Waals surface area contributed by atoms with Crippen molar-refractivity contribution in [2.75, 3.05) is 9.80 Å². The average molecular weight is 983 g/mol. The molecule has 4 aromatic heterocycles. The van der Waals surface area contributed by atoms with Crippen molar-refractivity contribution < 1.29 is 4.42 Å². The zero-order valence-corrected chi connectivity index (χ0v) is 43.9. The third kappa shape index (κ3) is 6.60. The van der Waals surface area contributed by atoms with Gasteiger partial charge in [-0.2, -0.15) is 0 Å². The molecule has 0 saturated carbocycles. The Balaban J connectivity index is 1.07. The van der Waals surface area contributed by atoms with E-state index < -0.39 is 0 Å². The number of anilines is 6. The molecule has 14 rings (SSSR count). The Hall–Kier alpha value is -7.16. The Kier molecular flexibility index (Phi) is 9.80. The van der Waals surface area contributed by atoms with Crippen molar-refractivity contribution in [3.8, 4) is 33.4 Å². The standard InChI is InChI=1S/C65H51BN2OS3/c1-37(2)42-31-55-62-56(32-42)68(63-38(3)27-43(28-39(63)4)52-36-72-60-22-13-10-19-48(52)60)64-61(49-33-44(65(5,6)7)24-26-57(49)69-64)66(62)53-25-23-41(51-35-71-59-21-12-9-18-47(51)59)30-54(53)67(55)45-16-14-15-40(29-45)50-34-70-58-20-11-8-17-46(50)58/h8-37H,1-7H3. The second kappa shape index (κ2) is 16.2. The van der Waals surface area contributed by atoms with Crippen LogP contribution in [0.15, 0.2) is 178 Å². The number of rotatable bonds is 6. The Bertz CT molecular complexity index is 4170. The van der Waals surface area contributed by atoms with Crippen LogP contribution in [-0.2, 0) is 5.41 Å². The van der Waals surface area contributed by atoms with Gasteiger partial charge in [0, 0.05) is 80.5 Å². The Morgan fingerprint density at radius 3 is 1.67 bits per heavy atom. The summed E-state index contributed by atoms with van der Waals surface area (Å²) in [5.74, 6) is 1.16. The predicted octanol–water partition coefficient (Wildman–Crippen LogP) is 18.2. The molecule has 0 atom stereocenters. The number of aryl methyl sites for hydroxylation is 2. The van der Waals surface area contributed by atoms with Crippen LogP contribution in [0, 0.1) is 13.8 Å². The zero-order chi connectivity index (χ0) is 48.7. The SMILES string of the molecule is Cc1cc(-c2csc3ccccc23)cc(C)c1N1c2cc(C(C)C)cc3c2B(c2ccc(-c4csc5ccccc45)cc2N3c2cccc(-c3csc4ccccc34)c2)c2c1oc1ccc(C(C)(C)C)cc21. The minimum atomic E-state index is -0.112. The fraction of sp³-hybridized carbons (Fsp3) is 0.138. The second-order valence-electron chi connectivity index (χ2n) is 21.2. The van der Waals surface area contributed by atoms with Crippen LogP contribution >= 0.6 is 34.0 Å². The van der Waals surface area contributed by atoms with E-state index in [1.165, 1.54) is 130 Å². The summed E-state index contributed by atoms with van der Waals surface area (Å²) < 4.78 is 11.3. The molecular formula is C65H51BN2OS3. The largest absolute Gasteiger partial charge is 0.440 e. The highest BCUT2D eigenvalue weighted by molar-refractivity contribution is 7.18. The van der Waals surface area contributed by atoms with Gasteiger partial charge in [-0.05, 0) is 164 Å². The van der Waals surface area contributed by atoms with Crippen LogP contribution in [0.25, 0.3) is 74.6 Å². The maximum atomic E-state index is 7.41. The third-order valence-electron chi connectivity index (χ3n) is 15.4. The van der Waals surface area contributed by atoms with Gasteiger partial charge in [0.05, 0.1) is 5.69 Å². The summed E-state index contributed by atoms with van der Waals surface area (Å²) in [4.78, 5) is 5.11. The quantitative estimate of drug-likeness (QED) is 0.155. The van der Waals surface area contributed by atoms with Crippen LogP contribution in [0.4, 0.5) is 34.3 Å². The van der Waals surface area contributed by atoms with E-state index in [0.29, 0.717) is 0 Å². The Morgan fingerprint density at radius 1 is 0.500 bits per heavy atom. The first-order valence-corrected chi connectivity index (χ1v) is 27.7. The molecule has 0 spiro atoms. The van der Waals surface area contributed by atoms with Crippen molar-refractivity contribution in [3.63, 3.8) is 0 Å². The molecule has 8 aromatic carbocycles. The van der Waals surface area contributed by atoms with Crippen LogP contribution in [0.1, 0.15) is 62.8 Å². The van der Waals surface area contributed by atoms with Crippen LogP contribution in [0.3, 0.4) is 0 Å². The van der Waals surface area contributed by atoms with E-state index in [-0.39, 0.29) is 18.0 Å². The lowest BCUT2D eigenvalue weighted by Gasteiger charge is -2.43. The molecular weight excluding hydrogens is 932 g/mol. The molecule has 0 bridgehead atoms. The van der Waals surface area contributed by atoms with E-state index in [9.17, 15) is 0 Å². The van der Waals surface area contributed by atoms with Gasteiger partial charge in [-0.3, -0.25) is 4.90 Å². The maximum absolute atomic E-state index is 7.41. The van der Waals surface area contributed by atoms with Crippen molar-refractivity contribution in [2.45, 2.75) is 59.8 Å². The van der Waals surface area contributed by atoms with Gasteiger partial charge in [0.25, 0.3) is 6.71 Å². The van der Waals surface area contributed by atoms with Crippen LogP contribution in [0.5, 0.6) is 0 Å². The lowest BCUT2D eigenvalue weighted by atomic mass is 9.33. The van der Waals surface area contributed by atoms with Crippen molar-refractivity contribution in [1.29, 1.82) is 0 Å². The number of nitrogens with zero attached hydrogens (tertiary/aromatic N) is 2. The molecule has 0 amide bonds. The molecule has 7 heteroatoms. The summed E-state index contributed by atoms with van der Waals surface area (Å²) >= 11 is 5.46. The zero-order valence-electron chi connectivity index (χ0n) is 41.4. The lowest BCUT2D eigenvalue weighted by molar-refractivity contribution is 0.589. The first kappa shape index (κ1) is 43.6. The highest BCUT2D eigenvalue weighted by atomic mass is 32.1. The number of benzene rings is 8. The number of thiophene rings is 3. The fourth-order valence-electron chi connectivity index (χ4n) is 11.9. The summed E-state index contributed by atoms with van der Waals surface area (Å²) in [5.41, 5.74) is 23.0. The van der Waals surface area contributed by atoms with E-state index in [2.05, 4.69) is 232 Å². The predicted molar refractivity (Wildman–Crippen MR) is 315 cm³/mol. The summed E-state index contributed by atoms with van der Waals surface area (Å²) in [5, 5.41) is 12.0. The molecule has 3 nitrogen and oxygen atoms in total. The molecule has 0 radical (unpaired) electrons. The maximum Gasteiger partial charge on any atom is 0.257 e. The molecule has 12 aromatic rings. The van der Waals surface area contributed by atoms with E-state index >= 15 is 0 Å². The lowest BCUT2D eigenvalue weighted by Crippen LogP contribution is -2.61. The van der Waals surface area contributed by atoms with Gasteiger partial charge < -0.3 is 9.32 Å². The monoisotopic (exact) mass is 982 g/mol. The van der Waals surface area contributed by atoms with E-state index in [4.69, 9.17) is 4.42 Å². The normalized spacial score (nSPS) is 13.2. The molecule has 6 heterocycles. The minimum absolute atomic E-state index is 0.0605. The summed E-state index contributed by atoms with van der Waals surface area (Å²) in [6.45, 7) is 16.1. The topological polar surface area (TPSA) is 19.6 Å². The van der Waals surface area contributed by atoms with Gasteiger partial charge in [0.15, 0.2) is 0 Å². The molecule has 0 saturated heterocycles. The van der Waals surface area contributed by atoms with Gasteiger partial charge >= 0.3 is 0 Å². The smallest absolute Gasteiger partial charge is 0.257 e. The average Bonchev–Trinajstić information content (AvgIpc) is 4.20. The molecule has 0 N–H and O–H groups in total. The number of furan rings is 1. The third-order valence-corrected chi connectivity index (χ3v) is 18.3. The van der Waals surface area contributed by atoms with Crippen molar-refractivity contribution >= 4 is 133 Å². The molecule has 0 unspecified atom stereocenters. The minimum Gasteiger partial charge on any atom is -0.440 e. The van der Waals surface area contributed by atoms with E-state index in [0.717, 1.165) is 17.2 Å². The first-order valence-electron chi connectivity index (χ1n) is 25.1. The van der Waals surface area contributed by atoms with Gasteiger partial charge in [0.2, 0.25) is 5.88 Å². The van der Waals surface area contributed by atoms with Gasteiger partial charge in [-0.1, -0.05) is 120 Å². The van der Waals surface area contributed by atoms with Crippen LogP contribution < -0.4 is 26.2 Å². The highest BCUT2D eigenvalue weighted by Gasteiger charge is 2.47. The molecule has 2 aliphatic heterocycles. The van der Waals surface area contributed by atoms with Gasteiger partial charge in [-0.25, -0.2) is 0 Å². The van der Waals surface area contributed by atoms with Crippen LogP contribution in [0.2, 0.25) is 0 Å². The fourth-order valence-corrected chi connectivity index (χ4v) is 14.8. The van der Waals surface area contributed by atoms with Crippen molar-refractivity contribution in [1.82, 2.24) is 0 Å². The molecule has 2 aliphatic rings. The van der Waals surface area contributed by atoms with Crippen LogP contribution in [-0.4, -0.2) is 6.71 Å². The molecule has 72 heavy (non-hydrogen) atoms. The van der Waals surface area contributed by atoms with Gasteiger partial charge in [-0.15, -0.1) is 34.0 Å². The first-order chi connectivity index (χ1) is 35.0. The molecule has 348 valence electrons. The number of hydrogen-bond donors (Lipinski definition) is 0. The number of hydrogen-bond acceptors (Lipinski definition) is 6. The molecule has 0 fully saturated rings. The summed E-state index contributed by atoms with van der Waals surface area (Å²) in [6.07, 6.45) is 0. The highest BCUT2D eigenvalue weighted by Crippen LogP contribution is 2.51. The second-order valence-corrected chi connectivity index (χ2v) is 24.0. The van der Waals surface area contributed by atoms with E-state index in [1.807, 2.05) is 34.0 Å². The van der Waals surface area contributed by atoms with Crippen molar-refractivity contribution in [3.05, 3.63) is 196 Å². The van der Waals surface area contributed by atoms with Crippen molar-refractivity contribution in [2.24, 2.45) is 0 Å². The van der Waals surface area contributed by atoms with E-state index in [1.54, 1.807) is 0 Å². The summed E-state index contributed by atoms with van der Waals surface area (Å²) in [7, 11) is 0. The molecule has 0 aliphatic carbocycles. The Morgan fingerprint density at radius 2 is 1.07 bits per heavy atom. The number of fused-ring (bicyclic) bond motifs is 9. The Labute approximate surface area is 433 Å².